The van der Waals surface area contributed by atoms with Gasteiger partial charge in [0.2, 0.25) is 0 Å². The number of fused-ring (bicyclic) bond motifs is 1. The van der Waals surface area contributed by atoms with E-state index in [-0.39, 0.29) is 5.41 Å². The van der Waals surface area contributed by atoms with Crippen molar-refractivity contribution >= 4 is 62.9 Å². The Bertz CT molecular complexity index is 1450. The van der Waals surface area contributed by atoms with Gasteiger partial charge in [0.25, 0.3) is 0 Å². The van der Waals surface area contributed by atoms with E-state index in [1.54, 1.807) is 12.3 Å². The molecule has 6 rings (SSSR count). The zero-order valence-electron chi connectivity index (χ0n) is 20.0. The summed E-state index contributed by atoms with van der Waals surface area (Å²) in [5, 5.41) is 9.72. The van der Waals surface area contributed by atoms with Crippen LogP contribution in [0.15, 0.2) is 42.9 Å². The molecule has 2 atom stereocenters. The van der Waals surface area contributed by atoms with Crippen LogP contribution in [-0.2, 0) is 11.4 Å². The number of benzene rings is 1. The van der Waals surface area contributed by atoms with Gasteiger partial charge in [0.15, 0.2) is 0 Å². The maximum Gasteiger partial charge on any atom is 0.139 e. The van der Waals surface area contributed by atoms with Gasteiger partial charge in [-0.2, -0.15) is 5.10 Å². The normalized spacial score (nSPS) is 18.5. The molecule has 3 aromatic heterocycles. The van der Waals surface area contributed by atoms with E-state index in [9.17, 15) is 4.55 Å². The number of H-pyrrole nitrogens is 1. The zero-order chi connectivity index (χ0) is 25.9. The lowest BCUT2D eigenvalue weighted by molar-refractivity contribution is 0.0395. The SMILES string of the molecule is C[C@@H](Oc1cc2c(-c3ccc(N4CC5(C4)CN([S+](C)[O-])C5)nc3)n[nH]c2cc1Cl)c1c(Cl)cncc1Cl. The monoisotopic (exact) mass is 576 g/mol. The van der Waals surface area contributed by atoms with Crippen molar-refractivity contribution in [2.75, 3.05) is 37.3 Å². The van der Waals surface area contributed by atoms with Crippen LogP contribution in [-0.4, -0.2) is 61.5 Å². The summed E-state index contributed by atoms with van der Waals surface area (Å²) in [5.41, 5.74) is 3.32. The Morgan fingerprint density at radius 1 is 1.05 bits per heavy atom. The number of nitrogens with one attached hydrogen (secondary N) is 1. The predicted octanol–water partition coefficient (Wildman–Crippen LogP) is 5.54. The first-order chi connectivity index (χ1) is 17.7. The van der Waals surface area contributed by atoms with E-state index in [1.807, 2.05) is 35.6 Å². The Morgan fingerprint density at radius 3 is 2.43 bits per heavy atom. The number of nitrogens with zero attached hydrogens (tertiary/aromatic N) is 5. The molecule has 0 saturated carbocycles. The molecule has 8 nitrogen and oxygen atoms in total. The minimum absolute atomic E-state index is 0.252. The van der Waals surface area contributed by atoms with Crippen molar-refractivity contribution in [1.82, 2.24) is 24.5 Å². The molecule has 12 heteroatoms. The highest BCUT2D eigenvalue weighted by atomic mass is 35.5. The molecule has 2 fully saturated rings. The molecule has 1 aromatic carbocycles. The largest absolute Gasteiger partial charge is 0.598 e. The van der Waals surface area contributed by atoms with Gasteiger partial charge in [-0.25, -0.2) is 4.98 Å². The summed E-state index contributed by atoms with van der Waals surface area (Å²) in [4.78, 5) is 11.0. The molecule has 2 aliphatic rings. The molecule has 2 saturated heterocycles. The minimum Gasteiger partial charge on any atom is -0.598 e. The fourth-order valence-electron chi connectivity index (χ4n) is 5.11. The van der Waals surface area contributed by atoms with Gasteiger partial charge < -0.3 is 14.2 Å². The molecule has 2 aliphatic heterocycles. The molecule has 1 N–H and O–H groups in total. The summed E-state index contributed by atoms with van der Waals surface area (Å²) in [5.74, 6) is 1.42. The van der Waals surface area contributed by atoms with Crippen LogP contribution in [0.2, 0.25) is 15.1 Å². The second-order valence-corrected chi connectivity index (χ2v) is 12.2. The van der Waals surface area contributed by atoms with Crippen molar-refractivity contribution in [2.45, 2.75) is 13.0 Å². The van der Waals surface area contributed by atoms with Crippen LogP contribution < -0.4 is 9.64 Å². The molecule has 0 bridgehead atoms. The number of pyridine rings is 2. The number of rotatable bonds is 6. The Balaban J connectivity index is 1.21. The van der Waals surface area contributed by atoms with Crippen molar-refractivity contribution in [1.29, 1.82) is 0 Å². The molecule has 192 valence electrons. The topological polar surface area (TPSA) is 93.2 Å². The molecule has 1 spiro atoms. The third-order valence-corrected chi connectivity index (χ3v) is 8.88. The first-order valence-corrected chi connectivity index (χ1v) is 14.3. The van der Waals surface area contributed by atoms with E-state index in [0.29, 0.717) is 26.4 Å². The van der Waals surface area contributed by atoms with E-state index in [0.717, 1.165) is 54.2 Å². The summed E-state index contributed by atoms with van der Waals surface area (Å²) >= 11 is 18.3. The second-order valence-electron chi connectivity index (χ2n) is 9.66. The number of aromatic amines is 1. The van der Waals surface area contributed by atoms with Gasteiger partial charge in [0.05, 0.1) is 33.7 Å². The van der Waals surface area contributed by atoms with Crippen molar-refractivity contribution < 1.29 is 9.29 Å². The van der Waals surface area contributed by atoms with Crippen LogP contribution in [0.1, 0.15) is 18.6 Å². The van der Waals surface area contributed by atoms with Gasteiger partial charge in [-0.05, 0) is 31.2 Å². The van der Waals surface area contributed by atoms with Crippen LogP contribution in [0, 0.1) is 5.41 Å². The smallest absolute Gasteiger partial charge is 0.139 e. The van der Waals surface area contributed by atoms with Crippen LogP contribution in [0.4, 0.5) is 5.82 Å². The number of aromatic nitrogens is 4. The summed E-state index contributed by atoms with van der Waals surface area (Å²) < 4.78 is 19.8. The van der Waals surface area contributed by atoms with Gasteiger partial charge in [-0.1, -0.05) is 34.8 Å². The summed E-state index contributed by atoms with van der Waals surface area (Å²) in [6, 6.07) is 7.69. The fraction of sp³-hybridized carbons (Fsp3) is 0.320. The maximum atomic E-state index is 11.6. The van der Waals surface area contributed by atoms with E-state index < -0.39 is 17.5 Å². The molecule has 0 radical (unpaired) electrons. The number of hydrogen-bond acceptors (Lipinski definition) is 7. The fourth-order valence-corrected chi connectivity index (χ4v) is 6.90. The molecular weight excluding hydrogens is 555 g/mol. The Labute approximate surface area is 232 Å². The van der Waals surface area contributed by atoms with E-state index in [1.165, 1.54) is 12.4 Å². The van der Waals surface area contributed by atoms with E-state index >= 15 is 0 Å². The highest BCUT2D eigenvalue weighted by Gasteiger charge is 2.55. The van der Waals surface area contributed by atoms with Crippen molar-refractivity contribution in [2.24, 2.45) is 5.41 Å². The molecule has 5 heterocycles. The van der Waals surface area contributed by atoms with Gasteiger partial charge in [-0.15, -0.1) is 4.31 Å². The Kier molecular flexibility index (Phi) is 6.42. The van der Waals surface area contributed by atoms with Crippen LogP contribution >= 0.6 is 34.8 Å². The molecule has 0 amide bonds. The van der Waals surface area contributed by atoms with Gasteiger partial charge in [-0.3, -0.25) is 10.1 Å². The van der Waals surface area contributed by atoms with Crippen LogP contribution in [0.3, 0.4) is 0 Å². The van der Waals surface area contributed by atoms with Gasteiger partial charge in [0, 0.05) is 65.0 Å². The average molecular weight is 578 g/mol. The lowest BCUT2D eigenvalue weighted by atomic mass is 9.74. The minimum atomic E-state index is -0.887. The molecule has 4 aromatic rings. The summed E-state index contributed by atoms with van der Waals surface area (Å²) in [6.45, 7) is 5.49. The third kappa shape index (κ3) is 4.51. The average Bonchev–Trinajstić information content (AvgIpc) is 3.20. The standard InChI is InChI=1S/C25H23Cl3N6O2S/c1-14(23-18(27)8-29-9-19(23)28)36-21-5-16-20(6-17(21)26)31-32-24(16)15-3-4-22(30-7-15)33-10-25(11-33)12-34(13-25)37(2)35/h3-9,14H,10-13H2,1-2H3,(H,31,32)/t14-,37?/m1/s1. The van der Waals surface area contributed by atoms with Crippen LogP contribution in [0.25, 0.3) is 22.2 Å². The summed E-state index contributed by atoms with van der Waals surface area (Å²) in [7, 11) is 0. The van der Waals surface area contributed by atoms with Crippen LogP contribution in [0.5, 0.6) is 5.75 Å². The van der Waals surface area contributed by atoms with Crippen molar-refractivity contribution in [3.8, 4) is 17.0 Å². The molecule has 1 unspecified atom stereocenters. The maximum absolute atomic E-state index is 11.6. The Hall–Kier alpha value is -2.27. The lowest BCUT2D eigenvalue weighted by Crippen LogP contribution is -2.73. The number of ether oxygens (including phenoxy) is 1. The molecule has 37 heavy (non-hydrogen) atoms. The van der Waals surface area contributed by atoms with Crippen molar-refractivity contribution in [3.05, 3.63) is 63.5 Å². The number of halogens is 3. The second kappa shape index (κ2) is 9.48. The van der Waals surface area contributed by atoms with E-state index in [2.05, 4.69) is 20.1 Å². The van der Waals surface area contributed by atoms with Gasteiger partial charge in [0.1, 0.15) is 29.6 Å². The number of hydrogen-bond donors (Lipinski definition) is 1. The van der Waals surface area contributed by atoms with E-state index in [4.69, 9.17) is 44.5 Å². The van der Waals surface area contributed by atoms with Gasteiger partial charge >= 0.3 is 0 Å². The lowest BCUT2D eigenvalue weighted by Gasteiger charge is -2.58. The third-order valence-electron chi connectivity index (χ3n) is 7.00. The number of anilines is 1. The highest BCUT2D eigenvalue weighted by Crippen LogP contribution is 2.43. The first-order valence-electron chi connectivity index (χ1n) is 11.7. The zero-order valence-corrected chi connectivity index (χ0v) is 23.1. The predicted molar refractivity (Wildman–Crippen MR) is 148 cm³/mol. The molecule has 0 aliphatic carbocycles. The highest BCUT2D eigenvalue weighted by molar-refractivity contribution is 7.88. The summed E-state index contributed by atoms with van der Waals surface area (Å²) in [6.07, 6.45) is 6.18. The molecular formula is C25H23Cl3N6O2S. The first kappa shape index (κ1) is 25.0. The van der Waals surface area contributed by atoms with Crippen molar-refractivity contribution in [3.63, 3.8) is 0 Å². The Morgan fingerprint density at radius 2 is 1.78 bits per heavy atom. The quantitative estimate of drug-likeness (QED) is 0.301.